The predicted octanol–water partition coefficient (Wildman–Crippen LogP) is 0.989. The maximum atomic E-state index is 12.4. The van der Waals surface area contributed by atoms with Crippen molar-refractivity contribution in [2.75, 3.05) is 32.2 Å². The van der Waals surface area contributed by atoms with Crippen LogP contribution in [-0.2, 0) is 4.74 Å². The number of nitrogens with one attached hydrogen (secondary N) is 1. The molecule has 0 atom stereocenters. The highest BCUT2D eigenvalue weighted by atomic mass is 16.6. The molecule has 0 aliphatic carbocycles. The van der Waals surface area contributed by atoms with Crippen molar-refractivity contribution in [2.24, 2.45) is 5.84 Å². The molecule has 0 aromatic heterocycles. The van der Waals surface area contributed by atoms with Gasteiger partial charge in [0.1, 0.15) is 11.3 Å². The highest BCUT2D eigenvalue weighted by Crippen LogP contribution is 2.28. The third-order valence-electron chi connectivity index (χ3n) is 2.84. The quantitative estimate of drug-likeness (QED) is 0.438. The molecule has 0 heterocycles. The Morgan fingerprint density at radius 2 is 2.25 bits per heavy atom. The van der Waals surface area contributed by atoms with Crippen LogP contribution in [0, 0.1) is 10.1 Å². The second kappa shape index (κ2) is 7.41. The van der Waals surface area contributed by atoms with Gasteiger partial charge in [0.25, 0.3) is 5.91 Å². The van der Waals surface area contributed by atoms with Crippen LogP contribution in [0.3, 0.4) is 0 Å². The topological polar surface area (TPSA) is 111 Å². The number of ether oxygens (including phenoxy) is 1. The molecule has 0 radical (unpaired) electrons. The van der Waals surface area contributed by atoms with Gasteiger partial charge in [-0.3, -0.25) is 20.8 Å². The summed E-state index contributed by atoms with van der Waals surface area (Å²) >= 11 is 0. The molecule has 20 heavy (non-hydrogen) atoms. The van der Waals surface area contributed by atoms with E-state index in [2.05, 4.69) is 5.43 Å². The van der Waals surface area contributed by atoms with Crippen molar-refractivity contribution >= 4 is 17.3 Å². The first-order valence-electron chi connectivity index (χ1n) is 6.09. The summed E-state index contributed by atoms with van der Waals surface area (Å²) in [4.78, 5) is 24.4. The molecular weight excluding hydrogens is 264 g/mol. The first-order valence-corrected chi connectivity index (χ1v) is 6.09. The van der Waals surface area contributed by atoms with Gasteiger partial charge in [-0.05, 0) is 19.1 Å². The average molecular weight is 282 g/mol. The number of hydrogen-bond donors (Lipinski definition) is 2. The number of methoxy groups -OCH3 is 1. The third-order valence-corrected chi connectivity index (χ3v) is 2.84. The Morgan fingerprint density at radius 3 is 2.75 bits per heavy atom. The lowest BCUT2D eigenvalue weighted by Crippen LogP contribution is -2.34. The second-order valence-electron chi connectivity index (χ2n) is 3.98. The summed E-state index contributed by atoms with van der Waals surface area (Å²) in [7, 11) is 1.53. The van der Waals surface area contributed by atoms with Crippen LogP contribution in [0.15, 0.2) is 18.2 Å². The normalized spacial score (nSPS) is 10.2. The standard InChI is InChI=1S/C12H18N4O4/c1-3-15(7-8-20-2)12(17)9-5-4-6-10(14-13)11(9)16(18)19/h4-6,14H,3,7-8,13H2,1-2H3. The molecule has 8 nitrogen and oxygen atoms in total. The number of carbonyl (C=O) groups excluding carboxylic acids is 1. The fourth-order valence-corrected chi connectivity index (χ4v) is 1.80. The second-order valence-corrected chi connectivity index (χ2v) is 3.98. The molecule has 1 aromatic rings. The van der Waals surface area contributed by atoms with E-state index < -0.39 is 10.8 Å². The molecule has 110 valence electrons. The van der Waals surface area contributed by atoms with E-state index in [1.165, 1.54) is 24.1 Å². The summed E-state index contributed by atoms with van der Waals surface area (Å²) in [5.74, 6) is 4.82. The van der Waals surface area contributed by atoms with Gasteiger partial charge in [0.15, 0.2) is 0 Å². The number of likely N-dealkylation sites (N-methyl/N-ethyl adjacent to an activating group) is 1. The smallest absolute Gasteiger partial charge is 0.306 e. The summed E-state index contributed by atoms with van der Waals surface area (Å²) in [5, 5.41) is 11.1. The van der Waals surface area contributed by atoms with Gasteiger partial charge >= 0.3 is 5.69 Å². The van der Waals surface area contributed by atoms with E-state index in [-0.39, 0.29) is 16.9 Å². The van der Waals surface area contributed by atoms with Crippen LogP contribution in [0.25, 0.3) is 0 Å². The van der Waals surface area contributed by atoms with Gasteiger partial charge in [-0.15, -0.1) is 0 Å². The van der Waals surface area contributed by atoms with E-state index in [1.807, 2.05) is 0 Å². The van der Waals surface area contributed by atoms with Gasteiger partial charge in [-0.2, -0.15) is 0 Å². The number of nitrogen functional groups attached to an aromatic ring is 1. The zero-order valence-electron chi connectivity index (χ0n) is 11.5. The SMILES string of the molecule is CCN(CCOC)C(=O)c1cccc(NN)c1[N+](=O)[O-]. The number of para-hydroxylation sites is 1. The van der Waals surface area contributed by atoms with Crippen LogP contribution in [0.2, 0.25) is 0 Å². The molecule has 1 amide bonds. The van der Waals surface area contributed by atoms with Crippen LogP contribution in [0.5, 0.6) is 0 Å². The lowest BCUT2D eigenvalue weighted by molar-refractivity contribution is -0.384. The van der Waals surface area contributed by atoms with E-state index in [0.29, 0.717) is 19.7 Å². The number of carbonyl (C=O) groups is 1. The number of nitrogens with two attached hydrogens (primary N) is 1. The van der Waals surface area contributed by atoms with E-state index in [0.717, 1.165) is 0 Å². The number of benzene rings is 1. The summed E-state index contributed by atoms with van der Waals surface area (Å²) in [6, 6.07) is 4.40. The minimum Gasteiger partial charge on any atom is -0.383 e. The molecule has 1 aromatic carbocycles. The summed E-state index contributed by atoms with van der Waals surface area (Å²) < 4.78 is 4.92. The number of anilines is 1. The van der Waals surface area contributed by atoms with Gasteiger partial charge in [0.2, 0.25) is 0 Å². The van der Waals surface area contributed by atoms with Crippen molar-refractivity contribution in [1.82, 2.24) is 4.90 Å². The molecule has 0 aliphatic heterocycles. The number of hydrogen-bond acceptors (Lipinski definition) is 6. The van der Waals surface area contributed by atoms with E-state index >= 15 is 0 Å². The average Bonchev–Trinajstić information content (AvgIpc) is 2.46. The minimum atomic E-state index is -0.618. The van der Waals surface area contributed by atoms with Crippen molar-refractivity contribution < 1.29 is 14.5 Å². The molecular formula is C12H18N4O4. The molecule has 0 saturated heterocycles. The third kappa shape index (κ3) is 3.43. The molecule has 0 fully saturated rings. The maximum Gasteiger partial charge on any atom is 0.306 e. The molecule has 1 rings (SSSR count). The molecule has 0 aliphatic rings. The van der Waals surface area contributed by atoms with Crippen LogP contribution < -0.4 is 11.3 Å². The van der Waals surface area contributed by atoms with Gasteiger partial charge in [-0.1, -0.05) is 6.07 Å². The number of nitro groups is 1. The van der Waals surface area contributed by atoms with Crippen molar-refractivity contribution in [2.45, 2.75) is 6.92 Å². The van der Waals surface area contributed by atoms with Crippen LogP contribution in [0.4, 0.5) is 11.4 Å². The first-order chi connectivity index (χ1) is 9.56. The monoisotopic (exact) mass is 282 g/mol. The van der Waals surface area contributed by atoms with Crippen molar-refractivity contribution in [3.05, 3.63) is 33.9 Å². The summed E-state index contributed by atoms with van der Waals surface area (Å²) in [5.41, 5.74) is 2.02. The van der Waals surface area contributed by atoms with Gasteiger partial charge in [0.05, 0.1) is 11.5 Å². The summed E-state index contributed by atoms with van der Waals surface area (Å²) in [6.45, 7) is 2.95. The van der Waals surface area contributed by atoms with Crippen LogP contribution in [-0.4, -0.2) is 42.5 Å². The molecule has 8 heteroatoms. The molecule has 3 N–H and O–H groups in total. The Kier molecular flexibility index (Phi) is 5.88. The Morgan fingerprint density at radius 1 is 1.55 bits per heavy atom. The minimum absolute atomic E-state index is 0.00315. The lowest BCUT2D eigenvalue weighted by atomic mass is 10.1. The van der Waals surface area contributed by atoms with Gasteiger partial charge in [0, 0.05) is 20.2 Å². The van der Waals surface area contributed by atoms with Crippen LogP contribution in [0.1, 0.15) is 17.3 Å². The zero-order valence-corrected chi connectivity index (χ0v) is 11.5. The molecule has 0 unspecified atom stereocenters. The molecule has 0 bridgehead atoms. The first kappa shape index (κ1) is 15.9. The molecule has 0 saturated carbocycles. The Hall–Kier alpha value is -2.19. The number of nitro benzene ring substituents is 1. The van der Waals surface area contributed by atoms with Crippen LogP contribution >= 0.6 is 0 Å². The number of rotatable bonds is 7. The lowest BCUT2D eigenvalue weighted by Gasteiger charge is -2.20. The Balaban J connectivity index is 3.17. The maximum absolute atomic E-state index is 12.4. The van der Waals surface area contributed by atoms with E-state index in [9.17, 15) is 14.9 Å². The number of nitrogens with zero attached hydrogens (tertiary/aromatic N) is 2. The van der Waals surface area contributed by atoms with E-state index in [1.54, 1.807) is 13.0 Å². The zero-order chi connectivity index (χ0) is 15.1. The fraction of sp³-hybridized carbons (Fsp3) is 0.417. The van der Waals surface area contributed by atoms with Crippen molar-refractivity contribution in [3.63, 3.8) is 0 Å². The van der Waals surface area contributed by atoms with Gasteiger partial charge < -0.3 is 15.1 Å². The number of amides is 1. The Labute approximate surface area is 116 Å². The van der Waals surface area contributed by atoms with Crippen molar-refractivity contribution in [3.8, 4) is 0 Å². The summed E-state index contributed by atoms with van der Waals surface area (Å²) in [6.07, 6.45) is 0. The number of hydrazine groups is 1. The van der Waals surface area contributed by atoms with Gasteiger partial charge in [-0.25, -0.2) is 0 Å². The highest BCUT2D eigenvalue weighted by molar-refractivity contribution is 6.00. The predicted molar refractivity (Wildman–Crippen MR) is 74.4 cm³/mol. The van der Waals surface area contributed by atoms with E-state index in [4.69, 9.17) is 10.6 Å². The fourth-order valence-electron chi connectivity index (χ4n) is 1.80. The molecule has 0 spiro atoms. The largest absolute Gasteiger partial charge is 0.383 e. The Bertz CT molecular complexity index is 492. The highest BCUT2D eigenvalue weighted by Gasteiger charge is 2.26. The van der Waals surface area contributed by atoms with Crippen molar-refractivity contribution in [1.29, 1.82) is 0 Å².